The molecular weight excluding hydrogens is 482 g/mol. The molecule has 4 atom stereocenters. The van der Waals surface area contributed by atoms with E-state index < -0.39 is 18.2 Å². The standard InChI is InChI=1S/C30H45N3O5/c1-6-14-32-15-12-21(13-16-32)20-8-10-22(11-9-20)28(35)31-23(17-30(3,4)5)29(36)33-18-25(37-7-2)27-26(33)24(34)19-38-27/h8-11,21,23,25-27H,6-7,12-19H2,1-5H3,(H,31,35)/t23-,25-,26+,27+/m0/s1. The molecule has 0 bridgehead atoms. The normalized spacial score (nSPS) is 25.4. The lowest BCUT2D eigenvalue weighted by molar-refractivity contribution is -0.139. The number of hydrogen-bond donors (Lipinski definition) is 1. The molecule has 0 saturated carbocycles. The van der Waals surface area contributed by atoms with Crippen molar-refractivity contribution in [1.82, 2.24) is 15.1 Å². The van der Waals surface area contributed by atoms with Gasteiger partial charge in [-0.25, -0.2) is 0 Å². The number of Topliss-reactive ketones (excluding diaryl/α,β-unsaturated/α-hetero) is 1. The number of carbonyl (C=O) groups is 3. The third kappa shape index (κ3) is 6.64. The van der Waals surface area contributed by atoms with Gasteiger partial charge in [-0.1, -0.05) is 39.8 Å². The van der Waals surface area contributed by atoms with Crippen molar-refractivity contribution in [2.75, 3.05) is 39.4 Å². The number of nitrogens with zero attached hydrogens (tertiary/aromatic N) is 2. The Hall–Kier alpha value is -2.29. The van der Waals surface area contributed by atoms with Crippen LogP contribution in [0, 0.1) is 5.41 Å². The van der Waals surface area contributed by atoms with E-state index in [-0.39, 0.29) is 42.3 Å². The summed E-state index contributed by atoms with van der Waals surface area (Å²) in [5, 5.41) is 3.00. The molecule has 0 unspecified atom stereocenters. The van der Waals surface area contributed by atoms with Gasteiger partial charge in [-0.3, -0.25) is 14.4 Å². The number of rotatable bonds is 9. The highest BCUT2D eigenvalue weighted by Crippen LogP contribution is 2.32. The van der Waals surface area contributed by atoms with E-state index in [0.29, 0.717) is 24.5 Å². The third-order valence-electron chi connectivity index (χ3n) is 7.99. The first-order chi connectivity index (χ1) is 18.1. The Morgan fingerprint density at radius 1 is 1.13 bits per heavy atom. The van der Waals surface area contributed by atoms with Crippen molar-refractivity contribution < 1.29 is 23.9 Å². The van der Waals surface area contributed by atoms with Gasteiger partial charge in [-0.2, -0.15) is 0 Å². The minimum absolute atomic E-state index is 0.0110. The molecule has 3 aliphatic heterocycles. The number of ketones is 1. The number of ether oxygens (including phenoxy) is 2. The Morgan fingerprint density at radius 3 is 2.42 bits per heavy atom. The second-order valence-corrected chi connectivity index (χ2v) is 12.2. The van der Waals surface area contributed by atoms with Crippen molar-refractivity contribution in [3.05, 3.63) is 35.4 Å². The number of carbonyl (C=O) groups excluding carboxylic acids is 3. The third-order valence-corrected chi connectivity index (χ3v) is 7.99. The molecule has 0 spiro atoms. The summed E-state index contributed by atoms with van der Waals surface area (Å²) in [7, 11) is 0. The Kier molecular flexibility index (Phi) is 9.27. The molecule has 0 aromatic heterocycles. The first-order valence-electron chi connectivity index (χ1n) is 14.3. The molecule has 8 heteroatoms. The van der Waals surface area contributed by atoms with Crippen LogP contribution in [0.4, 0.5) is 0 Å². The van der Waals surface area contributed by atoms with Gasteiger partial charge < -0.3 is 24.6 Å². The molecule has 2 amide bonds. The van der Waals surface area contributed by atoms with Gasteiger partial charge in [0, 0.05) is 12.2 Å². The van der Waals surface area contributed by atoms with Gasteiger partial charge in [-0.15, -0.1) is 0 Å². The maximum atomic E-state index is 13.8. The summed E-state index contributed by atoms with van der Waals surface area (Å²) < 4.78 is 11.5. The summed E-state index contributed by atoms with van der Waals surface area (Å²) in [6.07, 6.45) is 3.12. The molecule has 1 aromatic rings. The fraction of sp³-hybridized carbons (Fsp3) is 0.700. The van der Waals surface area contributed by atoms with Crippen molar-refractivity contribution in [2.45, 2.75) is 90.5 Å². The first-order valence-corrected chi connectivity index (χ1v) is 14.3. The van der Waals surface area contributed by atoms with Crippen molar-refractivity contribution in [3.63, 3.8) is 0 Å². The van der Waals surface area contributed by atoms with Crippen molar-refractivity contribution >= 4 is 17.6 Å². The van der Waals surface area contributed by atoms with E-state index in [1.807, 2.05) is 39.8 Å². The zero-order valence-corrected chi connectivity index (χ0v) is 23.7. The zero-order chi connectivity index (χ0) is 27.4. The van der Waals surface area contributed by atoms with Crippen LogP contribution in [0.3, 0.4) is 0 Å². The summed E-state index contributed by atoms with van der Waals surface area (Å²) in [4.78, 5) is 43.8. The average Bonchev–Trinajstić information content (AvgIpc) is 3.44. The molecule has 3 saturated heterocycles. The van der Waals surface area contributed by atoms with Gasteiger partial charge in [0.05, 0.1) is 6.54 Å². The molecule has 3 fully saturated rings. The van der Waals surface area contributed by atoms with Gasteiger partial charge in [-0.05, 0) is 81.3 Å². The topological polar surface area (TPSA) is 88.2 Å². The van der Waals surface area contributed by atoms with Gasteiger partial charge in [0.1, 0.15) is 30.9 Å². The monoisotopic (exact) mass is 527 g/mol. The Balaban J connectivity index is 1.44. The highest BCUT2D eigenvalue weighted by molar-refractivity contribution is 5.99. The number of piperidine rings is 1. The molecule has 38 heavy (non-hydrogen) atoms. The molecule has 4 rings (SSSR count). The number of amides is 2. The van der Waals surface area contributed by atoms with Crippen LogP contribution >= 0.6 is 0 Å². The Labute approximate surface area is 227 Å². The van der Waals surface area contributed by atoms with Gasteiger partial charge >= 0.3 is 0 Å². The number of fused-ring (bicyclic) bond motifs is 1. The van der Waals surface area contributed by atoms with Crippen LogP contribution in [0.25, 0.3) is 0 Å². The summed E-state index contributed by atoms with van der Waals surface area (Å²) in [5.74, 6) is -0.117. The van der Waals surface area contributed by atoms with E-state index >= 15 is 0 Å². The lowest BCUT2D eigenvalue weighted by Gasteiger charge is -2.32. The molecule has 1 N–H and O–H groups in total. The highest BCUT2D eigenvalue weighted by atomic mass is 16.6. The predicted octanol–water partition coefficient (Wildman–Crippen LogP) is 3.39. The van der Waals surface area contributed by atoms with Crippen LogP contribution < -0.4 is 5.32 Å². The first kappa shape index (κ1) is 28.7. The van der Waals surface area contributed by atoms with Gasteiger partial charge in [0.15, 0.2) is 5.78 Å². The number of hydrogen-bond acceptors (Lipinski definition) is 6. The molecule has 210 valence electrons. The van der Waals surface area contributed by atoms with Crippen LogP contribution in [0.15, 0.2) is 24.3 Å². The highest BCUT2D eigenvalue weighted by Gasteiger charge is 2.53. The quantitative estimate of drug-likeness (QED) is 0.530. The number of nitrogens with one attached hydrogen (secondary N) is 1. The van der Waals surface area contributed by atoms with Crippen LogP contribution in [-0.4, -0.2) is 91.1 Å². The van der Waals surface area contributed by atoms with Crippen molar-refractivity contribution in [2.24, 2.45) is 5.41 Å². The minimum Gasteiger partial charge on any atom is -0.374 e. The fourth-order valence-corrected chi connectivity index (χ4v) is 6.17. The van der Waals surface area contributed by atoms with Crippen LogP contribution in [-0.2, 0) is 19.1 Å². The molecule has 1 aromatic carbocycles. The van der Waals surface area contributed by atoms with E-state index in [1.165, 1.54) is 12.0 Å². The SMILES string of the molecule is CCCN1CCC(c2ccc(C(=O)N[C@@H](CC(C)(C)C)C(=O)N3C[C@H](OCC)[C@H]4OCC(=O)[C@H]43)cc2)CC1. The molecule has 8 nitrogen and oxygen atoms in total. The number of benzene rings is 1. The summed E-state index contributed by atoms with van der Waals surface area (Å²) >= 11 is 0. The van der Waals surface area contributed by atoms with E-state index in [1.54, 1.807) is 4.90 Å². The van der Waals surface area contributed by atoms with Gasteiger partial charge in [0.25, 0.3) is 5.91 Å². The van der Waals surface area contributed by atoms with Crippen molar-refractivity contribution in [3.8, 4) is 0 Å². The minimum atomic E-state index is -0.750. The van der Waals surface area contributed by atoms with Crippen LogP contribution in [0.5, 0.6) is 0 Å². The Morgan fingerprint density at radius 2 is 1.82 bits per heavy atom. The van der Waals surface area contributed by atoms with Crippen LogP contribution in [0.1, 0.15) is 82.1 Å². The fourth-order valence-electron chi connectivity index (χ4n) is 6.17. The lowest BCUT2D eigenvalue weighted by Crippen LogP contribution is -2.53. The predicted molar refractivity (Wildman–Crippen MR) is 146 cm³/mol. The average molecular weight is 528 g/mol. The molecule has 3 heterocycles. The maximum Gasteiger partial charge on any atom is 0.251 e. The molecule has 0 radical (unpaired) electrons. The Bertz CT molecular complexity index is 981. The van der Waals surface area contributed by atoms with Crippen molar-refractivity contribution in [1.29, 1.82) is 0 Å². The smallest absolute Gasteiger partial charge is 0.251 e. The van der Waals surface area contributed by atoms with E-state index in [2.05, 4.69) is 29.3 Å². The summed E-state index contributed by atoms with van der Waals surface area (Å²) in [6.45, 7) is 14.4. The molecule has 3 aliphatic rings. The second kappa shape index (κ2) is 12.3. The van der Waals surface area contributed by atoms with E-state index in [9.17, 15) is 14.4 Å². The molecular formula is C30H45N3O5. The van der Waals surface area contributed by atoms with Crippen LogP contribution in [0.2, 0.25) is 0 Å². The zero-order valence-electron chi connectivity index (χ0n) is 23.7. The largest absolute Gasteiger partial charge is 0.374 e. The number of likely N-dealkylation sites (tertiary alicyclic amines) is 2. The second-order valence-electron chi connectivity index (χ2n) is 12.2. The van der Waals surface area contributed by atoms with E-state index in [0.717, 1.165) is 32.5 Å². The van der Waals surface area contributed by atoms with Gasteiger partial charge in [0.2, 0.25) is 5.91 Å². The lowest BCUT2D eigenvalue weighted by atomic mass is 9.87. The summed E-state index contributed by atoms with van der Waals surface area (Å²) in [5.41, 5.74) is 1.60. The molecule has 0 aliphatic carbocycles. The summed E-state index contributed by atoms with van der Waals surface area (Å²) in [6, 6.07) is 6.45. The van der Waals surface area contributed by atoms with E-state index in [4.69, 9.17) is 9.47 Å². The maximum absolute atomic E-state index is 13.8.